The molecule has 0 spiro atoms. The summed E-state index contributed by atoms with van der Waals surface area (Å²) in [5.41, 5.74) is 1.10. The lowest BCUT2D eigenvalue weighted by atomic mass is 10.1. The number of carboxylic acid groups (broad SMARTS) is 1. The molecule has 0 amide bonds. The number of hydrogen-bond donors (Lipinski definition) is 1. The van der Waals surface area contributed by atoms with E-state index < -0.39 is 5.97 Å². The molecular weight excluding hydrogens is 180 g/mol. The molecule has 0 unspecified atom stereocenters. The second kappa shape index (κ2) is 4.46. The van der Waals surface area contributed by atoms with Gasteiger partial charge in [0.05, 0.1) is 5.56 Å². The van der Waals surface area contributed by atoms with Crippen molar-refractivity contribution in [2.45, 2.75) is 6.92 Å². The normalized spacial score (nSPS) is 9.50. The summed E-state index contributed by atoms with van der Waals surface area (Å²) in [7, 11) is 0. The third-order valence-electron chi connectivity index (χ3n) is 1.67. The van der Waals surface area contributed by atoms with Crippen molar-refractivity contribution in [3.8, 4) is 5.75 Å². The molecule has 0 saturated carbocycles. The molecule has 0 atom stereocenters. The van der Waals surface area contributed by atoms with Gasteiger partial charge in [0.25, 0.3) is 0 Å². The average molecular weight is 192 g/mol. The maximum atomic E-state index is 10.7. The number of hydrogen-bond acceptors (Lipinski definition) is 2. The van der Waals surface area contributed by atoms with Gasteiger partial charge in [-0.1, -0.05) is 12.7 Å². The predicted octanol–water partition coefficient (Wildman–Crippen LogP) is 2.26. The Hall–Kier alpha value is -1.77. The smallest absolute Gasteiger partial charge is 0.335 e. The Kier molecular flexibility index (Phi) is 3.29. The molecule has 1 aromatic rings. The van der Waals surface area contributed by atoms with Crippen LogP contribution in [-0.2, 0) is 0 Å². The molecule has 1 rings (SSSR count). The molecule has 0 saturated heterocycles. The summed E-state index contributed by atoms with van der Waals surface area (Å²) in [6, 6.07) is 4.89. The molecule has 0 radical (unpaired) electrons. The van der Waals surface area contributed by atoms with Gasteiger partial charge in [-0.3, -0.25) is 0 Å². The van der Waals surface area contributed by atoms with E-state index in [9.17, 15) is 4.79 Å². The molecule has 3 nitrogen and oxygen atoms in total. The van der Waals surface area contributed by atoms with Gasteiger partial charge in [0.2, 0.25) is 0 Å². The molecule has 0 aromatic heterocycles. The zero-order valence-electron chi connectivity index (χ0n) is 7.99. The minimum Gasteiger partial charge on any atom is -0.490 e. The van der Waals surface area contributed by atoms with Gasteiger partial charge in [0.1, 0.15) is 12.4 Å². The van der Waals surface area contributed by atoms with E-state index in [1.165, 1.54) is 6.07 Å². The van der Waals surface area contributed by atoms with Gasteiger partial charge in [0.15, 0.2) is 0 Å². The fourth-order valence-corrected chi connectivity index (χ4v) is 1.11. The molecule has 1 aromatic carbocycles. The minimum atomic E-state index is -0.947. The fraction of sp³-hybridized carbons (Fsp3) is 0.182. The molecule has 74 valence electrons. The topological polar surface area (TPSA) is 46.5 Å². The Morgan fingerprint density at radius 2 is 2.29 bits per heavy atom. The van der Waals surface area contributed by atoms with Crippen molar-refractivity contribution in [2.24, 2.45) is 0 Å². The van der Waals surface area contributed by atoms with Crippen LogP contribution in [-0.4, -0.2) is 17.7 Å². The van der Waals surface area contributed by atoms with Crippen LogP contribution >= 0.6 is 0 Å². The van der Waals surface area contributed by atoms with Crippen molar-refractivity contribution in [1.29, 1.82) is 0 Å². The predicted molar refractivity (Wildman–Crippen MR) is 53.8 cm³/mol. The SMILES string of the molecule is C=CCOc1cc(C)cc(C(=O)O)c1. The lowest BCUT2D eigenvalue weighted by molar-refractivity contribution is 0.0696. The third kappa shape index (κ3) is 2.62. The van der Waals surface area contributed by atoms with Gasteiger partial charge in [-0.25, -0.2) is 4.79 Å². The van der Waals surface area contributed by atoms with Crippen LogP contribution in [0.3, 0.4) is 0 Å². The maximum absolute atomic E-state index is 10.7. The standard InChI is InChI=1S/C11H12O3/c1-3-4-14-10-6-8(2)5-9(7-10)11(12)13/h3,5-7H,1,4H2,2H3,(H,12,13). The lowest BCUT2D eigenvalue weighted by Gasteiger charge is -2.05. The zero-order valence-corrected chi connectivity index (χ0v) is 7.99. The van der Waals surface area contributed by atoms with E-state index in [1.807, 2.05) is 6.92 Å². The van der Waals surface area contributed by atoms with Crippen molar-refractivity contribution < 1.29 is 14.6 Å². The molecular formula is C11H12O3. The van der Waals surface area contributed by atoms with Crippen molar-refractivity contribution in [2.75, 3.05) is 6.61 Å². The highest BCUT2D eigenvalue weighted by Gasteiger charge is 2.05. The molecule has 1 N–H and O–H groups in total. The monoisotopic (exact) mass is 192 g/mol. The first-order chi connectivity index (χ1) is 6.63. The summed E-state index contributed by atoms with van der Waals surface area (Å²) in [6.45, 7) is 5.72. The molecule has 0 fully saturated rings. The van der Waals surface area contributed by atoms with E-state index in [4.69, 9.17) is 9.84 Å². The fourth-order valence-electron chi connectivity index (χ4n) is 1.11. The minimum absolute atomic E-state index is 0.240. The summed E-state index contributed by atoms with van der Waals surface area (Å²) in [5.74, 6) is -0.389. The van der Waals surface area contributed by atoms with Crippen LogP contribution in [0.15, 0.2) is 30.9 Å². The molecule has 3 heteroatoms. The van der Waals surface area contributed by atoms with E-state index in [0.717, 1.165) is 5.56 Å². The highest BCUT2D eigenvalue weighted by Crippen LogP contribution is 2.16. The maximum Gasteiger partial charge on any atom is 0.335 e. The molecule has 0 aliphatic carbocycles. The third-order valence-corrected chi connectivity index (χ3v) is 1.67. The Bertz CT molecular complexity index is 356. The highest BCUT2D eigenvalue weighted by molar-refractivity contribution is 5.88. The van der Waals surface area contributed by atoms with Gasteiger partial charge in [-0.05, 0) is 30.7 Å². The molecule has 0 bridgehead atoms. The number of ether oxygens (including phenoxy) is 1. The van der Waals surface area contributed by atoms with E-state index >= 15 is 0 Å². The summed E-state index contributed by atoms with van der Waals surface area (Å²) < 4.78 is 5.25. The van der Waals surface area contributed by atoms with E-state index in [0.29, 0.717) is 12.4 Å². The van der Waals surface area contributed by atoms with Crippen molar-refractivity contribution in [1.82, 2.24) is 0 Å². The second-order valence-corrected chi connectivity index (χ2v) is 2.94. The van der Waals surface area contributed by atoms with Gasteiger partial charge in [-0.15, -0.1) is 0 Å². The van der Waals surface area contributed by atoms with Crippen LogP contribution in [0.1, 0.15) is 15.9 Å². The number of aryl methyl sites for hydroxylation is 1. The Morgan fingerprint density at radius 1 is 1.57 bits per heavy atom. The summed E-state index contributed by atoms with van der Waals surface area (Å²) in [6.07, 6.45) is 1.61. The van der Waals surface area contributed by atoms with Crippen LogP contribution in [0.5, 0.6) is 5.75 Å². The lowest BCUT2D eigenvalue weighted by Crippen LogP contribution is -1.99. The van der Waals surface area contributed by atoms with Crippen LogP contribution in [0.4, 0.5) is 0 Å². The van der Waals surface area contributed by atoms with Crippen LogP contribution in [0, 0.1) is 6.92 Å². The van der Waals surface area contributed by atoms with Gasteiger partial charge in [0, 0.05) is 0 Å². The first-order valence-electron chi connectivity index (χ1n) is 4.22. The average Bonchev–Trinajstić information content (AvgIpc) is 2.14. The van der Waals surface area contributed by atoms with Gasteiger partial charge >= 0.3 is 5.97 Å². The summed E-state index contributed by atoms with van der Waals surface area (Å²) in [5, 5.41) is 8.78. The van der Waals surface area contributed by atoms with E-state index in [2.05, 4.69) is 6.58 Å². The van der Waals surface area contributed by atoms with Gasteiger partial charge < -0.3 is 9.84 Å². The first kappa shape index (κ1) is 10.3. The van der Waals surface area contributed by atoms with Gasteiger partial charge in [-0.2, -0.15) is 0 Å². The number of carboxylic acids is 1. The Balaban J connectivity index is 2.94. The zero-order chi connectivity index (χ0) is 10.6. The quantitative estimate of drug-likeness (QED) is 0.744. The number of benzene rings is 1. The van der Waals surface area contributed by atoms with Crippen molar-refractivity contribution in [3.63, 3.8) is 0 Å². The number of rotatable bonds is 4. The van der Waals surface area contributed by atoms with Crippen LogP contribution in [0.2, 0.25) is 0 Å². The Labute approximate surface area is 82.6 Å². The van der Waals surface area contributed by atoms with E-state index in [-0.39, 0.29) is 5.56 Å². The molecule has 0 aliphatic rings. The van der Waals surface area contributed by atoms with E-state index in [1.54, 1.807) is 18.2 Å². The first-order valence-corrected chi connectivity index (χ1v) is 4.22. The molecule has 14 heavy (non-hydrogen) atoms. The Morgan fingerprint density at radius 3 is 2.86 bits per heavy atom. The van der Waals surface area contributed by atoms with Crippen molar-refractivity contribution >= 4 is 5.97 Å². The number of carbonyl (C=O) groups is 1. The highest BCUT2D eigenvalue weighted by atomic mass is 16.5. The number of aromatic carboxylic acids is 1. The van der Waals surface area contributed by atoms with Crippen molar-refractivity contribution in [3.05, 3.63) is 42.0 Å². The van der Waals surface area contributed by atoms with Crippen LogP contribution in [0.25, 0.3) is 0 Å². The summed E-state index contributed by atoms with van der Waals surface area (Å²) >= 11 is 0. The molecule has 0 heterocycles. The largest absolute Gasteiger partial charge is 0.490 e. The molecule has 0 aliphatic heterocycles. The van der Waals surface area contributed by atoms with Crippen LogP contribution < -0.4 is 4.74 Å². The second-order valence-electron chi connectivity index (χ2n) is 2.94. The summed E-state index contributed by atoms with van der Waals surface area (Å²) in [4.78, 5) is 10.7.